The van der Waals surface area contributed by atoms with Crippen LogP contribution in [0.3, 0.4) is 0 Å². The van der Waals surface area contributed by atoms with E-state index in [-0.39, 0.29) is 41.5 Å². The van der Waals surface area contributed by atoms with Gasteiger partial charge in [-0.25, -0.2) is 0 Å². The molecule has 0 saturated carbocycles. The molecule has 2 unspecified atom stereocenters. The molecular weight excluding hydrogens is 258 g/mol. The average molecular weight is 279 g/mol. The maximum Gasteiger partial charge on any atom is 0.180 e. The number of hydrogen-bond acceptors (Lipinski definition) is 5. The van der Waals surface area contributed by atoms with E-state index in [0.717, 1.165) is 6.42 Å². The highest BCUT2D eigenvalue weighted by atomic mass is 16.5. The predicted molar refractivity (Wildman–Crippen MR) is 75.2 cm³/mol. The number of carbonyl (C=O) groups is 1. The lowest BCUT2D eigenvalue weighted by Gasteiger charge is -2.37. The fraction of sp³-hybridized carbons (Fsp3) is 0.533. The van der Waals surface area contributed by atoms with Gasteiger partial charge in [-0.1, -0.05) is 6.92 Å². The number of carbonyl (C=O) groups excluding carboxylic acids is 1. The monoisotopic (exact) mass is 279 g/mol. The van der Waals surface area contributed by atoms with Crippen molar-refractivity contribution in [2.75, 3.05) is 19.7 Å². The van der Waals surface area contributed by atoms with Gasteiger partial charge in [0.05, 0.1) is 24.8 Å². The molecule has 20 heavy (non-hydrogen) atoms. The van der Waals surface area contributed by atoms with Crippen LogP contribution in [0.1, 0.15) is 30.6 Å². The van der Waals surface area contributed by atoms with E-state index in [1.807, 2.05) is 6.92 Å². The Labute approximate surface area is 118 Å². The number of hydrogen-bond donors (Lipinski definition) is 2. The van der Waals surface area contributed by atoms with E-state index in [1.165, 1.54) is 18.2 Å². The van der Waals surface area contributed by atoms with Crippen LogP contribution < -0.4 is 0 Å². The maximum absolute atomic E-state index is 12.3. The van der Waals surface area contributed by atoms with Crippen molar-refractivity contribution in [2.45, 2.75) is 32.4 Å². The first kappa shape index (κ1) is 14.8. The number of rotatable bonds is 4. The van der Waals surface area contributed by atoms with Crippen LogP contribution in [0.2, 0.25) is 0 Å². The van der Waals surface area contributed by atoms with Crippen LogP contribution in [0.15, 0.2) is 18.2 Å². The normalized spacial score (nSPS) is 23.7. The number of benzene rings is 1. The third kappa shape index (κ3) is 3.29. The topological polar surface area (TPSA) is 70.0 Å². The minimum Gasteiger partial charge on any atom is -0.508 e. The Kier molecular flexibility index (Phi) is 4.62. The summed E-state index contributed by atoms with van der Waals surface area (Å²) in [6.07, 6.45) is 1.03. The molecule has 1 aromatic rings. The number of Topliss-reactive ketones (excluding diaryl/α,β-unsaturated/α-hetero) is 1. The van der Waals surface area contributed by atoms with Gasteiger partial charge in [-0.05, 0) is 25.5 Å². The van der Waals surface area contributed by atoms with Crippen LogP contribution in [0.5, 0.6) is 11.5 Å². The van der Waals surface area contributed by atoms with Gasteiger partial charge in [0, 0.05) is 18.7 Å². The van der Waals surface area contributed by atoms with Gasteiger partial charge in [0.2, 0.25) is 0 Å². The second-order valence-electron chi connectivity index (χ2n) is 5.26. The number of morpholine rings is 1. The number of ketones is 1. The van der Waals surface area contributed by atoms with Gasteiger partial charge in [0.15, 0.2) is 5.78 Å². The molecule has 110 valence electrons. The summed E-state index contributed by atoms with van der Waals surface area (Å²) in [7, 11) is 0. The van der Waals surface area contributed by atoms with Crippen LogP contribution in [0.25, 0.3) is 0 Å². The molecule has 0 amide bonds. The second-order valence-corrected chi connectivity index (χ2v) is 5.26. The lowest BCUT2D eigenvalue weighted by atomic mass is 10.1. The smallest absolute Gasteiger partial charge is 0.180 e. The molecule has 0 spiro atoms. The van der Waals surface area contributed by atoms with E-state index in [4.69, 9.17) is 4.74 Å². The van der Waals surface area contributed by atoms with Gasteiger partial charge in [-0.2, -0.15) is 0 Å². The van der Waals surface area contributed by atoms with Gasteiger partial charge in [-0.3, -0.25) is 9.69 Å². The van der Waals surface area contributed by atoms with Crippen LogP contribution in [0.4, 0.5) is 0 Å². The lowest BCUT2D eigenvalue weighted by molar-refractivity contribution is -0.0523. The Balaban J connectivity index is 2.09. The summed E-state index contributed by atoms with van der Waals surface area (Å²) in [5.74, 6) is -0.370. The van der Waals surface area contributed by atoms with Gasteiger partial charge in [0.25, 0.3) is 0 Å². The van der Waals surface area contributed by atoms with E-state index in [9.17, 15) is 15.0 Å². The average Bonchev–Trinajstić information content (AvgIpc) is 2.38. The minimum atomic E-state index is -0.177. The molecule has 5 nitrogen and oxygen atoms in total. The highest BCUT2D eigenvalue weighted by Crippen LogP contribution is 2.24. The summed E-state index contributed by atoms with van der Waals surface area (Å²) < 4.78 is 5.60. The molecule has 5 heteroatoms. The summed E-state index contributed by atoms with van der Waals surface area (Å²) >= 11 is 0. The number of aromatic hydroxyl groups is 2. The van der Waals surface area contributed by atoms with Crippen molar-refractivity contribution in [1.29, 1.82) is 0 Å². The first-order chi connectivity index (χ1) is 9.51. The highest BCUT2D eigenvalue weighted by molar-refractivity contribution is 6.00. The zero-order valence-electron chi connectivity index (χ0n) is 11.9. The molecule has 1 fully saturated rings. The van der Waals surface area contributed by atoms with E-state index in [0.29, 0.717) is 13.2 Å². The fourth-order valence-corrected chi connectivity index (χ4v) is 2.51. The molecule has 1 heterocycles. The largest absolute Gasteiger partial charge is 0.508 e. The second kappa shape index (κ2) is 6.24. The van der Waals surface area contributed by atoms with Gasteiger partial charge < -0.3 is 14.9 Å². The molecule has 1 saturated heterocycles. The lowest BCUT2D eigenvalue weighted by Crippen LogP contribution is -2.50. The SMILES string of the molecule is CCC1COC(C)CN1CC(=O)c1ccc(O)cc1O. The predicted octanol–water partition coefficient (Wildman–Crippen LogP) is 1.78. The van der Waals surface area contributed by atoms with Crippen LogP contribution >= 0.6 is 0 Å². The van der Waals surface area contributed by atoms with E-state index in [2.05, 4.69) is 11.8 Å². The van der Waals surface area contributed by atoms with Crippen LogP contribution in [-0.2, 0) is 4.74 Å². The third-order valence-corrected chi connectivity index (χ3v) is 3.68. The molecular formula is C15H21NO4. The van der Waals surface area contributed by atoms with E-state index < -0.39 is 0 Å². The molecule has 2 rings (SSSR count). The van der Waals surface area contributed by atoms with Gasteiger partial charge >= 0.3 is 0 Å². The summed E-state index contributed by atoms with van der Waals surface area (Å²) in [5.41, 5.74) is 0.247. The van der Waals surface area contributed by atoms with Crippen molar-refractivity contribution in [3.05, 3.63) is 23.8 Å². The molecule has 1 aliphatic heterocycles. The van der Waals surface area contributed by atoms with E-state index >= 15 is 0 Å². The number of ether oxygens (including phenoxy) is 1. The quantitative estimate of drug-likeness (QED) is 0.822. The summed E-state index contributed by atoms with van der Waals surface area (Å²) in [6.45, 7) is 5.65. The first-order valence-corrected chi connectivity index (χ1v) is 6.92. The van der Waals surface area contributed by atoms with E-state index in [1.54, 1.807) is 0 Å². The number of phenolic OH excluding ortho intramolecular Hbond substituents is 2. The summed E-state index contributed by atoms with van der Waals surface area (Å²) in [6, 6.07) is 4.28. The van der Waals surface area contributed by atoms with Crippen LogP contribution in [0, 0.1) is 0 Å². The molecule has 2 N–H and O–H groups in total. The van der Waals surface area contributed by atoms with Gasteiger partial charge in [0.1, 0.15) is 11.5 Å². The molecule has 0 aromatic heterocycles. The standard InChI is InChI=1S/C15H21NO4/c1-3-11-9-20-10(2)7-16(11)8-15(19)13-5-4-12(17)6-14(13)18/h4-6,10-11,17-18H,3,7-9H2,1-2H3. The Morgan fingerprint density at radius 2 is 2.20 bits per heavy atom. The minimum absolute atomic E-state index is 0.0505. The first-order valence-electron chi connectivity index (χ1n) is 6.92. The van der Waals surface area contributed by atoms with Crippen molar-refractivity contribution < 1.29 is 19.7 Å². The van der Waals surface area contributed by atoms with Gasteiger partial charge in [-0.15, -0.1) is 0 Å². The Morgan fingerprint density at radius 3 is 2.85 bits per heavy atom. The third-order valence-electron chi connectivity index (χ3n) is 3.68. The van der Waals surface area contributed by atoms with Crippen molar-refractivity contribution in [1.82, 2.24) is 4.90 Å². The summed E-state index contributed by atoms with van der Waals surface area (Å²) in [4.78, 5) is 14.4. The zero-order chi connectivity index (χ0) is 14.7. The summed E-state index contributed by atoms with van der Waals surface area (Å²) in [5, 5.41) is 19.0. The van der Waals surface area contributed by atoms with Crippen molar-refractivity contribution in [3.63, 3.8) is 0 Å². The highest BCUT2D eigenvalue weighted by Gasteiger charge is 2.27. The number of nitrogens with zero attached hydrogens (tertiary/aromatic N) is 1. The Morgan fingerprint density at radius 1 is 1.45 bits per heavy atom. The Hall–Kier alpha value is -1.59. The van der Waals surface area contributed by atoms with Crippen LogP contribution in [-0.4, -0.2) is 52.7 Å². The van der Waals surface area contributed by atoms with Crippen molar-refractivity contribution >= 4 is 5.78 Å². The fourth-order valence-electron chi connectivity index (χ4n) is 2.51. The molecule has 2 atom stereocenters. The number of phenols is 2. The Bertz CT molecular complexity index is 489. The van der Waals surface area contributed by atoms with Crippen molar-refractivity contribution in [3.8, 4) is 11.5 Å². The molecule has 1 aromatic carbocycles. The van der Waals surface area contributed by atoms with Crippen molar-refractivity contribution in [2.24, 2.45) is 0 Å². The molecule has 0 bridgehead atoms. The molecule has 0 aliphatic carbocycles. The molecule has 1 aliphatic rings. The zero-order valence-corrected chi connectivity index (χ0v) is 11.9. The maximum atomic E-state index is 12.3. The molecule has 0 radical (unpaired) electrons.